The van der Waals surface area contributed by atoms with Crippen molar-refractivity contribution in [3.63, 3.8) is 0 Å². The summed E-state index contributed by atoms with van der Waals surface area (Å²) in [6.07, 6.45) is 4.61. The minimum absolute atomic E-state index is 0.119. The lowest BCUT2D eigenvalue weighted by atomic mass is 10.0. The van der Waals surface area contributed by atoms with Crippen molar-refractivity contribution in [2.24, 2.45) is 0 Å². The molecule has 1 aromatic heterocycles. The molecule has 6 nitrogen and oxygen atoms in total. The van der Waals surface area contributed by atoms with E-state index in [1.165, 1.54) is 24.9 Å². The maximum atomic E-state index is 12.9. The van der Waals surface area contributed by atoms with Crippen molar-refractivity contribution in [3.05, 3.63) is 66.0 Å². The number of anilines is 1. The molecule has 2 fully saturated rings. The summed E-state index contributed by atoms with van der Waals surface area (Å²) in [6.45, 7) is 7.03. The Labute approximate surface area is 189 Å². The van der Waals surface area contributed by atoms with E-state index in [0.717, 1.165) is 41.9 Å². The number of ketones is 1. The van der Waals surface area contributed by atoms with Crippen LogP contribution in [0.25, 0.3) is 10.9 Å². The molecule has 2 aliphatic heterocycles. The maximum absolute atomic E-state index is 12.9. The quantitative estimate of drug-likeness (QED) is 0.618. The average molecular weight is 430 g/mol. The van der Waals surface area contributed by atoms with Gasteiger partial charge in [-0.25, -0.2) is 9.97 Å². The van der Waals surface area contributed by atoms with Gasteiger partial charge in [-0.1, -0.05) is 36.4 Å². The van der Waals surface area contributed by atoms with E-state index in [1.807, 2.05) is 30.3 Å². The molecule has 2 atom stereocenters. The number of Topliss-reactive ketones (excluding diaryl/α,β-unsaturated/α-hetero) is 1. The van der Waals surface area contributed by atoms with E-state index < -0.39 is 0 Å². The number of nitrogens with one attached hydrogen (secondary N) is 1. The van der Waals surface area contributed by atoms with Crippen LogP contribution in [-0.4, -0.2) is 64.3 Å². The molecular formula is C26H31N5O. The van der Waals surface area contributed by atoms with Crippen LogP contribution < -0.4 is 5.32 Å². The Bertz CT molecular complexity index is 1090. The summed E-state index contributed by atoms with van der Waals surface area (Å²) in [7, 11) is 0. The smallest absolute Gasteiger partial charge is 0.151 e. The van der Waals surface area contributed by atoms with Gasteiger partial charge in [-0.2, -0.15) is 0 Å². The van der Waals surface area contributed by atoms with Gasteiger partial charge in [0.1, 0.15) is 12.1 Å². The van der Waals surface area contributed by atoms with Crippen LogP contribution in [0.5, 0.6) is 0 Å². The minimum atomic E-state index is 0.119. The molecule has 3 heterocycles. The van der Waals surface area contributed by atoms with Gasteiger partial charge in [0, 0.05) is 43.5 Å². The van der Waals surface area contributed by atoms with Crippen LogP contribution in [0.3, 0.4) is 0 Å². The molecule has 0 aliphatic carbocycles. The summed E-state index contributed by atoms with van der Waals surface area (Å²) in [5, 5.41) is 4.48. The Hall–Kier alpha value is -2.83. The van der Waals surface area contributed by atoms with Gasteiger partial charge in [0.25, 0.3) is 0 Å². The van der Waals surface area contributed by atoms with E-state index in [4.69, 9.17) is 0 Å². The van der Waals surface area contributed by atoms with Crippen LogP contribution in [0.15, 0.2) is 54.9 Å². The van der Waals surface area contributed by atoms with Crippen molar-refractivity contribution >= 4 is 22.5 Å². The Morgan fingerprint density at radius 3 is 2.88 bits per heavy atom. The van der Waals surface area contributed by atoms with E-state index in [9.17, 15) is 4.79 Å². The summed E-state index contributed by atoms with van der Waals surface area (Å²) < 4.78 is 0. The molecule has 32 heavy (non-hydrogen) atoms. The summed E-state index contributed by atoms with van der Waals surface area (Å²) in [5.74, 6) is 1.08. The second-order valence-electron chi connectivity index (χ2n) is 9.13. The number of aromatic nitrogens is 2. The average Bonchev–Trinajstić information content (AvgIpc) is 3.28. The molecular weight excluding hydrogens is 398 g/mol. The summed E-state index contributed by atoms with van der Waals surface area (Å²) in [5.41, 5.74) is 3.11. The molecule has 3 aromatic rings. The number of piperazine rings is 1. The number of benzene rings is 2. The van der Waals surface area contributed by atoms with Crippen LogP contribution >= 0.6 is 0 Å². The largest absolute Gasteiger partial charge is 0.363 e. The number of fused-ring (bicyclic) bond motifs is 2. The number of carbonyl (C=O) groups is 1. The number of nitrogens with zero attached hydrogens (tertiary/aromatic N) is 4. The first-order valence-corrected chi connectivity index (χ1v) is 11.7. The van der Waals surface area contributed by atoms with Gasteiger partial charge in [0.2, 0.25) is 0 Å². The molecule has 166 valence electrons. The van der Waals surface area contributed by atoms with Crippen LogP contribution in [0.4, 0.5) is 5.82 Å². The van der Waals surface area contributed by atoms with Crippen molar-refractivity contribution in [3.8, 4) is 0 Å². The molecule has 2 saturated heterocycles. The summed E-state index contributed by atoms with van der Waals surface area (Å²) >= 11 is 0. The predicted molar refractivity (Wildman–Crippen MR) is 128 cm³/mol. The lowest BCUT2D eigenvalue weighted by molar-refractivity contribution is -0.120. The fourth-order valence-electron chi connectivity index (χ4n) is 5.09. The van der Waals surface area contributed by atoms with E-state index in [0.29, 0.717) is 19.0 Å². The van der Waals surface area contributed by atoms with Crippen LogP contribution in [-0.2, 0) is 11.2 Å². The molecule has 0 spiro atoms. The lowest BCUT2D eigenvalue weighted by Crippen LogP contribution is -2.51. The van der Waals surface area contributed by atoms with Gasteiger partial charge in [-0.05, 0) is 49.6 Å². The first kappa shape index (κ1) is 21.0. The third-order valence-electron chi connectivity index (χ3n) is 6.83. The Kier molecular flexibility index (Phi) is 6.14. The highest BCUT2D eigenvalue weighted by atomic mass is 16.1. The second kappa shape index (κ2) is 9.35. The highest BCUT2D eigenvalue weighted by Crippen LogP contribution is 2.25. The highest BCUT2D eigenvalue weighted by Gasteiger charge is 2.31. The lowest BCUT2D eigenvalue weighted by Gasteiger charge is -2.37. The Morgan fingerprint density at radius 2 is 2.00 bits per heavy atom. The summed E-state index contributed by atoms with van der Waals surface area (Å²) in [6, 6.07) is 17.2. The SMILES string of the molecule is C[C@@H](Nc1ncnc2ccc(CC(=O)CN3CCN4CCCC4C3)cc12)c1ccccc1. The number of carbonyl (C=O) groups excluding carboxylic acids is 1. The zero-order valence-electron chi connectivity index (χ0n) is 18.7. The monoisotopic (exact) mass is 429 g/mol. The van der Waals surface area contributed by atoms with Crippen LogP contribution in [0, 0.1) is 0 Å². The Balaban J connectivity index is 1.27. The molecule has 0 amide bonds. The van der Waals surface area contributed by atoms with Crippen molar-refractivity contribution in [1.29, 1.82) is 0 Å². The number of hydrogen-bond donors (Lipinski definition) is 1. The molecule has 0 bridgehead atoms. The van der Waals surface area contributed by atoms with Gasteiger partial charge in [0.05, 0.1) is 12.1 Å². The van der Waals surface area contributed by atoms with E-state index in [1.54, 1.807) is 6.33 Å². The van der Waals surface area contributed by atoms with Crippen LogP contribution in [0.1, 0.15) is 36.9 Å². The van der Waals surface area contributed by atoms with E-state index in [2.05, 4.69) is 50.2 Å². The van der Waals surface area contributed by atoms with Crippen molar-refractivity contribution in [2.75, 3.05) is 38.0 Å². The van der Waals surface area contributed by atoms with E-state index >= 15 is 0 Å². The second-order valence-corrected chi connectivity index (χ2v) is 9.13. The van der Waals surface area contributed by atoms with Gasteiger partial charge in [-0.3, -0.25) is 14.6 Å². The fourth-order valence-corrected chi connectivity index (χ4v) is 5.09. The summed E-state index contributed by atoms with van der Waals surface area (Å²) in [4.78, 5) is 26.7. The first-order chi connectivity index (χ1) is 15.7. The zero-order chi connectivity index (χ0) is 21.9. The number of hydrogen-bond acceptors (Lipinski definition) is 6. The molecule has 5 rings (SSSR count). The predicted octanol–water partition coefficient (Wildman–Crippen LogP) is 3.69. The van der Waals surface area contributed by atoms with Gasteiger partial charge in [0.15, 0.2) is 5.78 Å². The fraction of sp³-hybridized carbons (Fsp3) is 0.423. The van der Waals surface area contributed by atoms with Crippen LogP contribution in [0.2, 0.25) is 0 Å². The molecule has 6 heteroatoms. The third-order valence-corrected chi connectivity index (χ3v) is 6.83. The molecule has 1 unspecified atom stereocenters. The molecule has 2 aromatic carbocycles. The zero-order valence-corrected chi connectivity index (χ0v) is 18.7. The van der Waals surface area contributed by atoms with Gasteiger partial charge in [-0.15, -0.1) is 0 Å². The molecule has 1 N–H and O–H groups in total. The van der Waals surface area contributed by atoms with Crippen molar-refractivity contribution in [1.82, 2.24) is 19.8 Å². The maximum Gasteiger partial charge on any atom is 0.151 e. The van der Waals surface area contributed by atoms with Crippen molar-refractivity contribution in [2.45, 2.75) is 38.3 Å². The Morgan fingerprint density at radius 1 is 1.12 bits per heavy atom. The van der Waals surface area contributed by atoms with Gasteiger partial charge >= 0.3 is 0 Å². The van der Waals surface area contributed by atoms with E-state index in [-0.39, 0.29) is 11.8 Å². The van der Waals surface area contributed by atoms with Gasteiger partial charge < -0.3 is 5.32 Å². The normalized spacial score (nSPS) is 20.2. The highest BCUT2D eigenvalue weighted by molar-refractivity contribution is 5.91. The molecule has 0 saturated carbocycles. The number of rotatable bonds is 7. The minimum Gasteiger partial charge on any atom is -0.363 e. The topological polar surface area (TPSA) is 61.4 Å². The molecule has 2 aliphatic rings. The standard InChI is InChI=1S/C26H31N5O/c1-19(21-6-3-2-4-7-21)29-26-24-15-20(9-10-25(24)27-18-28-26)14-23(32)17-30-12-13-31-11-5-8-22(31)16-30/h2-4,6-7,9-10,15,18-19,22H,5,8,11-14,16-17H2,1H3,(H,27,28,29)/t19-,22?/m1/s1. The molecule has 0 radical (unpaired) electrons. The van der Waals surface area contributed by atoms with Crippen molar-refractivity contribution < 1.29 is 4.79 Å². The third kappa shape index (κ3) is 4.66. The first-order valence-electron chi connectivity index (χ1n) is 11.7.